The number of thiophene rings is 2. The van der Waals surface area contributed by atoms with Gasteiger partial charge in [0, 0.05) is 34.1 Å². The van der Waals surface area contributed by atoms with Gasteiger partial charge in [0.1, 0.15) is 4.83 Å². The fraction of sp³-hybridized carbons (Fsp3) is 0.174. The smallest absolute Gasteiger partial charge is 0.263 e. The summed E-state index contributed by atoms with van der Waals surface area (Å²) in [6.45, 7) is 4.07. The average Bonchev–Trinajstić information content (AvgIpc) is 3.49. The molecule has 170 valence electrons. The molecule has 4 rings (SSSR count). The first kappa shape index (κ1) is 23.1. The third-order valence-corrected chi connectivity index (χ3v) is 7.51. The minimum Gasteiger partial charge on any atom is -0.493 e. The number of nitrogens with one attached hydrogen (secondary N) is 1. The van der Waals surface area contributed by atoms with Crippen molar-refractivity contribution in [3.63, 3.8) is 0 Å². The summed E-state index contributed by atoms with van der Waals surface area (Å²) in [6.07, 6.45) is 1.65. The Balaban J connectivity index is 1.57. The van der Waals surface area contributed by atoms with Crippen LogP contribution in [0.1, 0.15) is 0 Å². The van der Waals surface area contributed by atoms with Crippen molar-refractivity contribution in [1.82, 2.24) is 9.55 Å². The van der Waals surface area contributed by atoms with Gasteiger partial charge in [0.25, 0.3) is 5.56 Å². The van der Waals surface area contributed by atoms with Crippen LogP contribution in [0.3, 0.4) is 0 Å². The normalized spacial score (nSPS) is 10.8. The van der Waals surface area contributed by atoms with E-state index in [-0.39, 0.29) is 17.2 Å². The molecule has 0 saturated carbocycles. The highest BCUT2D eigenvalue weighted by atomic mass is 32.2. The van der Waals surface area contributed by atoms with E-state index in [4.69, 9.17) is 14.5 Å². The number of benzene rings is 1. The lowest BCUT2D eigenvalue weighted by atomic mass is 10.2. The van der Waals surface area contributed by atoms with E-state index < -0.39 is 0 Å². The highest BCUT2D eigenvalue weighted by Crippen LogP contribution is 2.35. The summed E-state index contributed by atoms with van der Waals surface area (Å²) in [5.41, 5.74) is 1.35. The predicted octanol–water partition coefficient (Wildman–Crippen LogP) is 5.12. The Bertz CT molecular complexity index is 1360. The van der Waals surface area contributed by atoms with Crippen LogP contribution in [0.25, 0.3) is 20.7 Å². The molecule has 0 aliphatic carbocycles. The molecular formula is C23H21N3O4S3. The van der Waals surface area contributed by atoms with Crippen LogP contribution in [-0.4, -0.2) is 35.4 Å². The zero-order valence-corrected chi connectivity index (χ0v) is 20.4. The molecule has 0 bridgehead atoms. The van der Waals surface area contributed by atoms with E-state index >= 15 is 0 Å². The first-order valence-corrected chi connectivity index (χ1v) is 12.6. The number of thioether (sulfide) groups is 1. The third kappa shape index (κ3) is 4.82. The lowest BCUT2D eigenvalue weighted by Gasteiger charge is -2.12. The average molecular weight is 500 g/mol. The summed E-state index contributed by atoms with van der Waals surface area (Å²) in [7, 11) is 3.09. The molecule has 7 nitrogen and oxygen atoms in total. The molecule has 0 fully saturated rings. The number of carbonyl (C=O) groups excluding carboxylic acids is 1. The van der Waals surface area contributed by atoms with Crippen LogP contribution < -0.4 is 20.3 Å². The van der Waals surface area contributed by atoms with Crippen molar-refractivity contribution in [3.8, 4) is 21.9 Å². The fourth-order valence-electron chi connectivity index (χ4n) is 3.26. The molecule has 0 aliphatic rings. The minimum absolute atomic E-state index is 0.0899. The fourth-order valence-corrected chi connectivity index (χ4v) is 5.87. The Kier molecular flexibility index (Phi) is 7.17. The van der Waals surface area contributed by atoms with Gasteiger partial charge in [-0.25, -0.2) is 4.98 Å². The maximum Gasteiger partial charge on any atom is 0.263 e. The molecular weight excluding hydrogens is 478 g/mol. The number of carbonyl (C=O) groups is 1. The van der Waals surface area contributed by atoms with Crippen LogP contribution >= 0.6 is 34.4 Å². The number of hydrogen-bond donors (Lipinski definition) is 1. The van der Waals surface area contributed by atoms with Gasteiger partial charge < -0.3 is 14.8 Å². The molecule has 1 N–H and O–H groups in total. The molecule has 0 aliphatic heterocycles. The first-order chi connectivity index (χ1) is 16.0. The molecule has 0 saturated heterocycles. The van der Waals surface area contributed by atoms with Crippen molar-refractivity contribution >= 4 is 56.2 Å². The Morgan fingerprint density at radius 2 is 2.06 bits per heavy atom. The molecule has 33 heavy (non-hydrogen) atoms. The molecule has 4 aromatic rings. The van der Waals surface area contributed by atoms with Gasteiger partial charge in [0.05, 0.1) is 25.4 Å². The number of nitrogens with zero attached hydrogens (tertiary/aromatic N) is 2. The van der Waals surface area contributed by atoms with E-state index in [0.29, 0.717) is 39.1 Å². The number of methoxy groups -OCH3 is 2. The minimum atomic E-state index is -0.225. The van der Waals surface area contributed by atoms with E-state index in [1.807, 2.05) is 22.9 Å². The first-order valence-electron chi connectivity index (χ1n) is 9.87. The van der Waals surface area contributed by atoms with Crippen molar-refractivity contribution in [2.24, 2.45) is 0 Å². The van der Waals surface area contributed by atoms with Crippen molar-refractivity contribution < 1.29 is 14.3 Å². The third-order valence-electron chi connectivity index (χ3n) is 4.76. The SMILES string of the molecule is C=CCn1c(SCC(=O)Nc2ccc(OC)c(OC)c2)nc2scc(-c3cccs3)c2c1=O. The highest BCUT2D eigenvalue weighted by Gasteiger charge is 2.18. The van der Waals surface area contributed by atoms with Crippen molar-refractivity contribution in [1.29, 1.82) is 0 Å². The number of hydrogen-bond acceptors (Lipinski definition) is 8. The van der Waals surface area contributed by atoms with Gasteiger partial charge >= 0.3 is 0 Å². The Hall–Kier alpha value is -3.08. The quantitative estimate of drug-likeness (QED) is 0.196. The summed E-state index contributed by atoms with van der Waals surface area (Å²) in [6, 6.07) is 9.10. The summed E-state index contributed by atoms with van der Waals surface area (Å²) >= 11 is 4.22. The second kappa shape index (κ2) is 10.2. The number of amides is 1. The van der Waals surface area contributed by atoms with E-state index in [2.05, 4.69) is 11.9 Å². The number of aromatic nitrogens is 2. The van der Waals surface area contributed by atoms with Gasteiger partial charge in [-0.1, -0.05) is 23.9 Å². The van der Waals surface area contributed by atoms with Crippen LogP contribution in [0, 0.1) is 0 Å². The zero-order chi connectivity index (χ0) is 23.4. The molecule has 10 heteroatoms. The second-order valence-electron chi connectivity index (χ2n) is 6.81. The Labute approximate surface area is 202 Å². The van der Waals surface area contributed by atoms with Gasteiger partial charge in [-0.3, -0.25) is 14.2 Å². The molecule has 0 unspecified atom stereocenters. The van der Waals surface area contributed by atoms with Crippen LogP contribution in [0.5, 0.6) is 11.5 Å². The van der Waals surface area contributed by atoms with Gasteiger partial charge in [-0.15, -0.1) is 29.3 Å². The van der Waals surface area contributed by atoms with E-state index in [0.717, 1.165) is 10.4 Å². The van der Waals surface area contributed by atoms with E-state index in [1.54, 1.807) is 47.3 Å². The number of allylic oxidation sites excluding steroid dienone is 1. The van der Waals surface area contributed by atoms with Gasteiger partial charge in [-0.05, 0) is 23.6 Å². The Morgan fingerprint density at radius 1 is 1.24 bits per heavy atom. The standard InChI is InChI=1S/C23H21N3O4S3/c1-4-9-26-22(28)20-15(18-6-5-10-31-18)12-32-21(20)25-23(26)33-13-19(27)24-14-7-8-16(29-2)17(11-14)30-3/h4-8,10-12H,1,9,13H2,2-3H3,(H,24,27). The summed E-state index contributed by atoms with van der Waals surface area (Å²) in [5.74, 6) is 0.965. The molecule has 0 spiro atoms. The van der Waals surface area contributed by atoms with E-state index in [9.17, 15) is 9.59 Å². The molecule has 1 amide bonds. The van der Waals surface area contributed by atoms with Crippen molar-refractivity contribution in [2.45, 2.75) is 11.7 Å². The lowest BCUT2D eigenvalue weighted by molar-refractivity contribution is -0.113. The number of anilines is 1. The monoisotopic (exact) mass is 499 g/mol. The zero-order valence-electron chi connectivity index (χ0n) is 18.0. The topological polar surface area (TPSA) is 82.5 Å². The highest BCUT2D eigenvalue weighted by molar-refractivity contribution is 7.99. The summed E-state index contributed by atoms with van der Waals surface area (Å²) in [4.78, 5) is 32.3. The molecule has 0 atom stereocenters. The summed E-state index contributed by atoms with van der Waals surface area (Å²) < 4.78 is 12.1. The van der Waals surface area contributed by atoms with Gasteiger partial charge in [0.15, 0.2) is 16.7 Å². The predicted molar refractivity (Wildman–Crippen MR) is 136 cm³/mol. The van der Waals surface area contributed by atoms with Crippen molar-refractivity contribution in [3.05, 3.63) is 64.1 Å². The van der Waals surface area contributed by atoms with Gasteiger partial charge in [-0.2, -0.15) is 0 Å². The van der Waals surface area contributed by atoms with Gasteiger partial charge in [0.2, 0.25) is 5.91 Å². The largest absolute Gasteiger partial charge is 0.493 e. The van der Waals surface area contributed by atoms with Crippen LogP contribution in [-0.2, 0) is 11.3 Å². The second-order valence-corrected chi connectivity index (χ2v) is 9.56. The number of fused-ring (bicyclic) bond motifs is 1. The number of ether oxygens (including phenoxy) is 2. The van der Waals surface area contributed by atoms with Crippen LogP contribution in [0.15, 0.2) is 63.7 Å². The molecule has 3 heterocycles. The van der Waals surface area contributed by atoms with Crippen molar-refractivity contribution in [2.75, 3.05) is 25.3 Å². The molecule has 1 aromatic carbocycles. The summed E-state index contributed by atoms with van der Waals surface area (Å²) in [5, 5.41) is 7.86. The van der Waals surface area contributed by atoms with E-state index in [1.165, 1.54) is 30.2 Å². The molecule has 0 radical (unpaired) electrons. The number of rotatable bonds is 9. The lowest BCUT2D eigenvalue weighted by Crippen LogP contribution is -2.23. The van der Waals surface area contributed by atoms with Crippen LogP contribution in [0.2, 0.25) is 0 Å². The van der Waals surface area contributed by atoms with Crippen LogP contribution in [0.4, 0.5) is 5.69 Å². The Morgan fingerprint density at radius 3 is 2.76 bits per heavy atom. The maximum atomic E-state index is 13.3. The maximum absolute atomic E-state index is 13.3. The molecule has 3 aromatic heterocycles.